The van der Waals surface area contributed by atoms with Crippen LogP contribution in [-0.4, -0.2) is 0 Å². The number of furan rings is 1. The van der Waals surface area contributed by atoms with Crippen LogP contribution >= 0.6 is 0 Å². The molecule has 0 radical (unpaired) electrons. The number of para-hydroxylation sites is 4. The summed E-state index contributed by atoms with van der Waals surface area (Å²) in [4.78, 5) is 4.90. The lowest BCUT2D eigenvalue weighted by Crippen LogP contribution is -2.29. The molecule has 354 valence electrons. The van der Waals surface area contributed by atoms with Crippen molar-refractivity contribution in [2.45, 2.75) is 5.41 Å². The average Bonchev–Trinajstić information content (AvgIpc) is 4.09. The van der Waals surface area contributed by atoms with Crippen molar-refractivity contribution < 1.29 is 4.42 Å². The van der Waals surface area contributed by atoms with Crippen molar-refractivity contribution in [3.63, 3.8) is 0 Å². The van der Waals surface area contributed by atoms with Gasteiger partial charge >= 0.3 is 0 Å². The van der Waals surface area contributed by atoms with E-state index in [-0.39, 0.29) is 0 Å². The monoisotopic (exact) mass is 966 g/mol. The average molecular weight is 967 g/mol. The van der Waals surface area contributed by atoms with Gasteiger partial charge in [-0.25, -0.2) is 0 Å². The molecule has 76 heavy (non-hydrogen) atoms. The van der Waals surface area contributed by atoms with Gasteiger partial charge in [0.1, 0.15) is 11.2 Å². The molecule has 0 fully saturated rings. The van der Waals surface area contributed by atoms with Crippen LogP contribution in [0.25, 0.3) is 88.7 Å². The summed E-state index contributed by atoms with van der Waals surface area (Å²) in [6.07, 6.45) is 0. The Hall–Kier alpha value is -9.96. The van der Waals surface area contributed by atoms with E-state index in [0.717, 1.165) is 61.6 Å². The van der Waals surface area contributed by atoms with Gasteiger partial charge < -0.3 is 14.2 Å². The second-order valence-corrected chi connectivity index (χ2v) is 20.3. The Bertz CT molecular complexity index is 4490. The van der Waals surface area contributed by atoms with Gasteiger partial charge in [0.25, 0.3) is 0 Å². The van der Waals surface area contributed by atoms with Crippen LogP contribution in [0.3, 0.4) is 0 Å². The molecule has 2 heterocycles. The Morgan fingerprint density at radius 3 is 1.51 bits per heavy atom. The lowest BCUT2D eigenvalue weighted by Gasteiger charge is -2.36. The van der Waals surface area contributed by atoms with Gasteiger partial charge in [0.15, 0.2) is 0 Å². The molecule has 13 aromatic rings. The summed E-state index contributed by atoms with van der Waals surface area (Å²) >= 11 is 0. The van der Waals surface area contributed by atoms with E-state index < -0.39 is 5.41 Å². The van der Waals surface area contributed by atoms with Crippen LogP contribution in [0.1, 0.15) is 22.3 Å². The highest BCUT2D eigenvalue weighted by molar-refractivity contribution is 6.09. The van der Waals surface area contributed by atoms with Crippen molar-refractivity contribution in [2.24, 2.45) is 0 Å². The fourth-order valence-electron chi connectivity index (χ4n) is 13.2. The van der Waals surface area contributed by atoms with Crippen LogP contribution in [-0.2, 0) is 5.41 Å². The van der Waals surface area contributed by atoms with Crippen molar-refractivity contribution in [3.8, 4) is 66.8 Å². The molecule has 0 saturated heterocycles. The number of rotatable bonds is 5. The maximum absolute atomic E-state index is 6.64. The van der Waals surface area contributed by atoms with Crippen LogP contribution in [0, 0.1) is 0 Å². The van der Waals surface area contributed by atoms with Gasteiger partial charge in [-0.3, -0.25) is 0 Å². The number of anilines is 6. The van der Waals surface area contributed by atoms with Gasteiger partial charge in [-0.1, -0.05) is 200 Å². The lowest BCUT2D eigenvalue weighted by molar-refractivity contribution is 0.668. The van der Waals surface area contributed by atoms with E-state index in [1.165, 1.54) is 83.5 Å². The third kappa shape index (κ3) is 6.11. The minimum Gasteiger partial charge on any atom is -0.456 e. The van der Waals surface area contributed by atoms with Gasteiger partial charge in [0, 0.05) is 44.6 Å². The molecule has 1 aliphatic heterocycles. The molecule has 12 aromatic carbocycles. The molecule has 2 aliphatic carbocycles. The smallest absolute Gasteiger partial charge is 0.136 e. The van der Waals surface area contributed by atoms with Crippen molar-refractivity contribution in [2.75, 3.05) is 9.80 Å². The van der Waals surface area contributed by atoms with Crippen LogP contribution in [0.2, 0.25) is 0 Å². The Morgan fingerprint density at radius 1 is 0.276 bits per heavy atom. The first kappa shape index (κ1) is 42.5. The van der Waals surface area contributed by atoms with Crippen LogP contribution < -0.4 is 9.80 Å². The molecule has 0 saturated carbocycles. The van der Waals surface area contributed by atoms with Gasteiger partial charge in [0.2, 0.25) is 0 Å². The predicted octanol–water partition coefficient (Wildman–Crippen LogP) is 19.9. The third-order valence-electron chi connectivity index (χ3n) is 16.4. The van der Waals surface area contributed by atoms with Gasteiger partial charge in [-0.2, -0.15) is 0 Å². The zero-order chi connectivity index (χ0) is 49.9. The fourth-order valence-corrected chi connectivity index (χ4v) is 13.2. The number of benzene rings is 12. The summed E-state index contributed by atoms with van der Waals surface area (Å²) in [5.74, 6) is 0. The molecular formula is C73H46N2O. The van der Waals surface area contributed by atoms with E-state index in [0.29, 0.717) is 0 Å². The van der Waals surface area contributed by atoms with Crippen LogP contribution in [0.15, 0.2) is 283 Å². The highest BCUT2D eigenvalue weighted by atomic mass is 16.3. The second-order valence-electron chi connectivity index (χ2n) is 20.3. The number of hydrogen-bond acceptors (Lipinski definition) is 3. The molecule has 0 N–H and O–H groups in total. The molecule has 3 aliphatic rings. The zero-order valence-corrected chi connectivity index (χ0v) is 41.4. The summed E-state index contributed by atoms with van der Waals surface area (Å²) in [6, 6.07) is 103. The summed E-state index contributed by atoms with van der Waals surface area (Å²) in [5.41, 5.74) is 27.1. The summed E-state index contributed by atoms with van der Waals surface area (Å²) < 4.78 is 6.64. The SMILES string of the molecule is c1ccc(-c2cccc(N(c3ccc4c(c3)-c3ccccc3N(c3ccccc3)c3ccccc3-4)c3ccc4c(c3)-c3ccccc3-c3ccccc3C43c4ccccc4-c4cc5oc6ccccc6c5cc43)c2)cc1. The summed E-state index contributed by atoms with van der Waals surface area (Å²) in [5, 5.41) is 2.25. The maximum Gasteiger partial charge on any atom is 0.136 e. The molecule has 3 heteroatoms. The third-order valence-corrected chi connectivity index (χ3v) is 16.4. The molecule has 16 rings (SSSR count). The van der Waals surface area contributed by atoms with E-state index in [4.69, 9.17) is 4.42 Å². The first-order valence-corrected chi connectivity index (χ1v) is 26.2. The minimum atomic E-state index is -0.675. The maximum atomic E-state index is 6.64. The molecular weight excluding hydrogens is 921 g/mol. The van der Waals surface area contributed by atoms with Crippen molar-refractivity contribution in [3.05, 3.63) is 301 Å². The van der Waals surface area contributed by atoms with Crippen molar-refractivity contribution in [1.82, 2.24) is 0 Å². The Balaban J connectivity index is 0.979. The molecule has 1 unspecified atom stereocenters. The molecule has 3 nitrogen and oxygen atoms in total. The van der Waals surface area contributed by atoms with Crippen molar-refractivity contribution in [1.29, 1.82) is 0 Å². The van der Waals surface area contributed by atoms with E-state index in [1.807, 2.05) is 0 Å². The van der Waals surface area contributed by atoms with Crippen LogP contribution in [0.5, 0.6) is 0 Å². The first-order chi connectivity index (χ1) is 37.7. The van der Waals surface area contributed by atoms with Gasteiger partial charge in [0.05, 0.1) is 16.8 Å². The summed E-state index contributed by atoms with van der Waals surface area (Å²) in [7, 11) is 0. The quantitative estimate of drug-likeness (QED) is 0.171. The zero-order valence-electron chi connectivity index (χ0n) is 41.4. The number of nitrogens with zero attached hydrogens (tertiary/aromatic N) is 2. The molecule has 0 amide bonds. The Morgan fingerprint density at radius 2 is 0.776 bits per heavy atom. The second kappa shape index (κ2) is 16.5. The van der Waals surface area contributed by atoms with Crippen molar-refractivity contribution >= 4 is 56.1 Å². The summed E-state index contributed by atoms with van der Waals surface area (Å²) in [6.45, 7) is 0. The number of hydrogen-bond donors (Lipinski definition) is 0. The molecule has 1 aromatic heterocycles. The molecule has 1 atom stereocenters. The first-order valence-electron chi connectivity index (χ1n) is 26.2. The highest BCUT2D eigenvalue weighted by Gasteiger charge is 2.50. The lowest BCUT2D eigenvalue weighted by atomic mass is 9.65. The highest BCUT2D eigenvalue weighted by Crippen LogP contribution is 2.63. The van der Waals surface area contributed by atoms with Gasteiger partial charge in [-0.05, 0) is 157 Å². The van der Waals surface area contributed by atoms with E-state index >= 15 is 0 Å². The molecule has 1 spiro atoms. The van der Waals surface area contributed by atoms with E-state index in [1.54, 1.807) is 0 Å². The minimum absolute atomic E-state index is 0.675. The Labute approximate surface area is 441 Å². The van der Waals surface area contributed by atoms with Gasteiger partial charge in [-0.15, -0.1) is 0 Å². The standard InChI is InChI=1S/C73H46N2O/c1-3-20-47(21-4-1)48-22-19-25-50(42-48)74(51-38-40-55-58-30-11-16-35-69(58)75(49-23-5-2-6-24-49)70-36-17-12-31-59(70)61(55)43-51)52-39-41-67-62(44-52)54-27-8-7-26-53(54)56-28-9-14-33-65(56)73(67)66-34-15-10-29-57(66)63-46-72-64(45-68(63)73)60-32-13-18-37-71(60)76-72/h1-46H. The van der Waals surface area contributed by atoms with E-state index in [9.17, 15) is 0 Å². The predicted molar refractivity (Wildman–Crippen MR) is 315 cm³/mol. The largest absolute Gasteiger partial charge is 0.456 e. The topological polar surface area (TPSA) is 19.6 Å². The number of fused-ring (bicyclic) bond motifs is 20. The fraction of sp³-hybridized carbons (Fsp3) is 0.0137. The normalized spacial score (nSPS) is 14.3. The van der Waals surface area contributed by atoms with E-state index in [2.05, 4.69) is 289 Å². The molecule has 0 bridgehead atoms. The van der Waals surface area contributed by atoms with Crippen LogP contribution in [0.4, 0.5) is 34.1 Å². The Kier molecular flexibility index (Phi) is 9.25.